The Morgan fingerprint density at radius 1 is 0.714 bits per heavy atom. The van der Waals surface area contributed by atoms with Gasteiger partial charge in [-0.15, -0.1) is 0 Å². The molecule has 63 heavy (non-hydrogen) atoms. The molecule has 5 unspecified atom stereocenters. The molecule has 0 radical (unpaired) electrons. The highest BCUT2D eigenvalue weighted by molar-refractivity contribution is 5.26. The van der Waals surface area contributed by atoms with Gasteiger partial charge in [-0.1, -0.05) is 39.3 Å². The Bertz CT molecular complexity index is 1710. The van der Waals surface area contributed by atoms with Crippen molar-refractivity contribution in [1.82, 2.24) is 0 Å². The van der Waals surface area contributed by atoms with E-state index in [2.05, 4.69) is 47.6 Å². The van der Waals surface area contributed by atoms with Crippen LogP contribution in [0.15, 0.2) is 11.6 Å². The Morgan fingerprint density at radius 3 is 2.00 bits per heavy atom. The van der Waals surface area contributed by atoms with Crippen LogP contribution in [0.3, 0.4) is 0 Å². The molecule has 0 aromatic rings. The van der Waals surface area contributed by atoms with Crippen LogP contribution in [-0.4, -0.2) is 176 Å². The molecule has 17 nitrogen and oxygen atoms in total. The molecule has 0 aromatic heterocycles. The van der Waals surface area contributed by atoms with E-state index in [0.717, 1.165) is 44.1 Å². The normalized spacial score (nSPS) is 57.2. The molecule has 4 aliphatic carbocycles. The molecule has 5 aliphatic heterocycles. The summed E-state index contributed by atoms with van der Waals surface area (Å²) in [5, 5.41) is 96.7. The third-order valence-corrected chi connectivity index (χ3v) is 18.4. The lowest BCUT2D eigenvalue weighted by atomic mass is 9.35. The number of ether oxygens (including phenoxy) is 8. The molecule has 9 rings (SSSR count). The molecule has 9 N–H and O–H groups in total. The van der Waals surface area contributed by atoms with Crippen LogP contribution in [-0.2, 0) is 37.9 Å². The average molecular weight is 899 g/mol. The maximum Gasteiger partial charge on any atom is 0.187 e. The second kappa shape index (κ2) is 16.4. The molecule has 24 atom stereocenters. The van der Waals surface area contributed by atoms with E-state index in [1.54, 1.807) is 0 Å². The fourth-order valence-corrected chi connectivity index (χ4v) is 15.6. The van der Waals surface area contributed by atoms with Crippen LogP contribution in [0.4, 0.5) is 0 Å². The van der Waals surface area contributed by atoms with Crippen molar-refractivity contribution >= 4 is 0 Å². The lowest BCUT2D eigenvalue weighted by Gasteiger charge is -2.70. The monoisotopic (exact) mass is 898 g/mol. The molecule has 360 valence electrons. The van der Waals surface area contributed by atoms with Crippen molar-refractivity contribution in [2.45, 2.75) is 203 Å². The number of aliphatic hydroxyl groups excluding tert-OH is 8. The summed E-state index contributed by atoms with van der Waals surface area (Å²) in [6.45, 7) is 14.6. The van der Waals surface area contributed by atoms with E-state index in [1.807, 2.05) is 6.92 Å². The van der Waals surface area contributed by atoms with Crippen molar-refractivity contribution in [3.05, 3.63) is 11.6 Å². The van der Waals surface area contributed by atoms with Crippen LogP contribution >= 0.6 is 0 Å². The molecule has 0 amide bonds. The zero-order valence-corrected chi connectivity index (χ0v) is 37.8. The van der Waals surface area contributed by atoms with Crippen molar-refractivity contribution in [3.8, 4) is 0 Å². The maximum atomic E-state index is 12.2. The minimum atomic E-state index is -1.79. The highest BCUT2D eigenvalue weighted by atomic mass is 16.8. The first-order valence-corrected chi connectivity index (χ1v) is 23.5. The molecular weight excluding hydrogens is 824 g/mol. The van der Waals surface area contributed by atoms with Crippen LogP contribution in [0.5, 0.6) is 0 Å². The Balaban J connectivity index is 0.969. The average Bonchev–Trinajstić information content (AvgIpc) is 3.83. The Hall–Kier alpha value is -0.940. The molecule has 2 bridgehead atoms. The van der Waals surface area contributed by atoms with Crippen molar-refractivity contribution in [1.29, 1.82) is 0 Å². The number of hydrogen-bond donors (Lipinski definition) is 9. The van der Waals surface area contributed by atoms with E-state index in [9.17, 15) is 46.0 Å². The van der Waals surface area contributed by atoms with E-state index in [0.29, 0.717) is 25.4 Å². The Kier molecular flexibility index (Phi) is 12.2. The number of rotatable bonds is 9. The SMILES string of the molecule is CC(C)=C[C@H]1CC(C)(O)C2C3CCC4[C@@]5(C)CC[C@H](O[C@@H]6OC[C@H](O)[C@H](O[C@@H]7O[C@H](CO)[C@@H](O)[C@H](O)[C@H]7O)[C@H]6O[C@@H]6O[C@@H](CO)[C@H](O)[C@H]6O)C(C)(C)C5CC[C@@]4(C)[C@@]34CO[C@@]2(C4)O1. The van der Waals surface area contributed by atoms with Gasteiger partial charge in [0.25, 0.3) is 0 Å². The third-order valence-electron chi connectivity index (χ3n) is 18.4. The predicted molar refractivity (Wildman–Crippen MR) is 219 cm³/mol. The fraction of sp³-hybridized carbons (Fsp3) is 0.957. The van der Waals surface area contributed by atoms with Gasteiger partial charge in [-0.05, 0) is 93.3 Å². The fourth-order valence-electron chi connectivity index (χ4n) is 15.6. The molecular formula is C46H74O17. The predicted octanol–water partition coefficient (Wildman–Crippen LogP) is 0.606. The summed E-state index contributed by atoms with van der Waals surface area (Å²) in [4.78, 5) is 0. The molecule has 9 fully saturated rings. The van der Waals surface area contributed by atoms with E-state index in [4.69, 9.17) is 37.9 Å². The van der Waals surface area contributed by atoms with Crippen LogP contribution < -0.4 is 0 Å². The zero-order valence-electron chi connectivity index (χ0n) is 37.8. The Labute approximate surface area is 369 Å². The standard InChI is InChI=1S/C46H74O17/c1-21(2)14-22-15-44(7,55)37-23-8-9-28-42(5)12-11-29(41(3,4)27(42)10-13-43(28,6)45(23)19-46(37,63-22)57-20-45)60-40-36(62-38-33(53)31(51)26(17-48)59-38)35(24(49)18-56-40)61-39-34(54)32(52)30(50)25(16-47)58-39/h14,22-40,47-55H,8-13,15-20H2,1-7H3/t22-,23?,24-,25+,26-,27?,28?,29-,30+,31-,32-,33+,34+,35-,36+,37?,38-,39-,40-,42-,43+,44?,45-,46-/m0/s1. The van der Waals surface area contributed by atoms with Crippen molar-refractivity contribution < 1.29 is 83.9 Å². The topological polar surface area (TPSA) is 256 Å². The highest BCUT2D eigenvalue weighted by Crippen LogP contribution is 2.80. The van der Waals surface area contributed by atoms with Gasteiger partial charge in [-0.3, -0.25) is 0 Å². The van der Waals surface area contributed by atoms with Gasteiger partial charge in [0.05, 0.1) is 44.2 Å². The van der Waals surface area contributed by atoms with Gasteiger partial charge in [0.15, 0.2) is 24.7 Å². The van der Waals surface area contributed by atoms with Gasteiger partial charge in [0, 0.05) is 24.2 Å². The van der Waals surface area contributed by atoms with Crippen LogP contribution in [0.2, 0.25) is 0 Å². The number of fused-ring (bicyclic) bond motifs is 4. The molecule has 9 aliphatic rings. The van der Waals surface area contributed by atoms with Gasteiger partial charge in [0.2, 0.25) is 0 Å². The van der Waals surface area contributed by atoms with Crippen molar-refractivity contribution in [3.63, 3.8) is 0 Å². The summed E-state index contributed by atoms with van der Waals surface area (Å²) in [6.07, 6.45) is -11.0. The van der Waals surface area contributed by atoms with E-state index >= 15 is 0 Å². The van der Waals surface area contributed by atoms with Crippen molar-refractivity contribution in [2.24, 2.45) is 45.3 Å². The summed E-state index contributed by atoms with van der Waals surface area (Å²) >= 11 is 0. The molecule has 4 saturated carbocycles. The summed E-state index contributed by atoms with van der Waals surface area (Å²) < 4.78 is 50.7. The Morgan fingerprint density at radius 2 is 1.35 bits per heavy atom. The van der Waals surface area contributed by atoms with Gasteiger partial charge >= 0.3 is 0 Å². The summed E-state index contributed by atoms with van der Waals surface area (Å²) in [6, 6.07) is 0. The molecule has 5 saturated heterocycles. The van der Waals surface area contributed by atoms with Gasteiger partial charge in [-0.25, -0.2) is 0 Å². The van der Waals surface area contributed by atoms with Gasteiger partial charge < -0.3 is 83.9 Å². The lowest BCUT2D eigenvalue weighted by molar-refractivity contribution is -0.375. The number of hydrogen-bond acceptors (Lipinski definition) is 17. The second-order valence-electron chi connectivity index (χ2n) is 22.5. The third kappa shape index (κ3) is 7.11. The number of aliphatic hydroxyl groups is 9. The molecule has 0 aromatic carbocycles. The maximum absolute atomic E-state index is 12.2. The number of allylic oxidation sites excluding steroid dienone is 1. The molecule has 17 heteroatoms. The first kappa shape index (κ1) is 47.1. The minimum Gasteiger partial charge on any atom is -0.394 e. The smallest absolute Gasteiger partial charge is 0.187 e. The second-order valence-corrected chi connectivity index (χ2v) is 22.5. The van der Waals surface area contributed by atoms with E-state index < -0.39 is 110 Å². The van der Waals surface area contributed by atoms with E-state index in [1.165, 1.54) is 0 Å². The molecule has 2 spiro atoms. The first-order chi connectivity index (χ1) is 29.6. The lowest BCUT2D eigenvalue weighted by Crippen LogP contribution is -2.67. The van der Waals surface area contributed by atoms with Crippen LogP contribution in [0.25, 0.3) is 0 Å². The molecule has 5 heterocycles. The van der Waals surface area contributed by atoms with Crippen LogP contribution in [0.1, 0.15) is 99.8 Å². The largest absolute Gasteiger partial charge is 0.394 e. The first-order valence-electron chi connectivity index (χ1n) is 23.5. The van der Waals surface area contributed by atoms with Gasteiger partial charge in [-0.2, -0.15) is 0 Å². The van der Waals surface area contributed by atoms with E-state index in [-0.39, 0.29) is 52.8 Å². The summed E-state index contributed by atoms with van der Waals surface area (Å²) in [5.74, 6) is -0.0237. The zero-order chi connectivity index (χ0) is 45.4. The quantitative estimate of drug-likeness (QED) is 0.114. The van der Waals surface area contributed by atoms with Crippen LogP contribution in [0, 0.1) is 45.3 Å². The van der Waals surface area contributed by atoms with Crippen molar-refractivity contribution in [2.75, 3.05) is 26.4 Å². The summed E-state index contributed by atoms with van der Waals surface area (Å²) in [5.41, 5.74) is -0.453. The minimum absolute atomic E-state index is 0.0626. The summed E-state index contributed by atoms with van der Waals surface area (Å²) in [7, 11) is 0. The van der Waals surface area contributed by atoms with Gasteiger partial charge in [0.1, 0.15) is 61.0 Å². The highest BCUT2D eigenvalue weighted by Gasteiger charge is 2.81.